The average Bonchev–Trinajstić information content (AvgIpc) is 2.83. The molecule has 4 atom stereocenters. The summed E-state index contributed by atoms with van der Waals surface area (Å²) in [6, 6.07) is 11.6. The number of aliphatic imine (C=N–C) groups is 1. The van der Waals surface area contributed by atoms with Gasteiger partial charge in [0.1, 0.15) is 22.6 Å². The van der Waals surface area contributed by atoms with Gasteiger partial charge in [0, 0.05) is 23.8 Å². The molecule has 9 heteroatoms. The molecule has 0 saturated carbocycles. The van der Waals surface area contributed by atoms with E-state index in [4.69, 9.17) is 14.5 Å². The number of phenols is 1. The number of rotatable bonds is 5. The monoisotopic (exact) mass is 478 g/mol. The SMILES string of the molecule is CC#CC1(C)N=C(C)C(C(=O)OC)C(c2cccc([N+](=O)[O-])c2)C1(C(=O)OC)c1ccc(O)cc1. The summed E-state index contributed by atoms with van der Waals surface area (Å²) in [5, 5.41) is 21.6. The van der Waals surface area contributed by atoms with Gasteiger partial charge in [-0.1, -0.05) is 30.2 Å². The number of esters is 2. The van der Waals surface area contributed by atoms with Gasteiger partial charge in [0.25, 0.3) is 5.69 Å². The highest BCUT2D eigenvalue weighted by molar-refractivity contribution is 6.06. The van der Waals surface area contributed by atoms with Crippen molar-refractivity contribution in [2.75, 3.05) is 14.2 Å². The summed E-state index contributed by atoms with van der Waals surface area (Å²) >= 11 is 0. The number of nitro groups is 1. The minimum atomic E-state index is -1.74. The summed E-state index contributed by atoms with van der Waals surface area (Å²) < 4.78 is 10.4. The van der Waals surface area contributed by atoms with Crippen LogP contribution in [-0.2, 0) is 24.5 Å². The van der Waals surface area contributed by atoms with Gasteiger partial charge in [-0.2, -0.15) is 0 Å². The molecule has 0 spiro atoms. The minimum Gasteiger partial charge on any atom is -0.508 e. The maximum atomic E-state index is 13.9. The Balaban J connectivity index is 2.58. The third kappa shape index (κ3) is 4.01. The summed E-state index contributed by atoms with van der Waals surface area (Å²) in [6.45, 7) is 4.90. The van der Waals surface area contributed by atoms with Gasteiger partial charge < -0.3 is 14.6 Å². The Morgan fingerprint density at radius 2 is 1.80 bits per heavy atom. The number of carbonyl (C=O) groups is 2. The molecule has 0 saturated heterocycles. The van der Waals surface area contributed by atoms with Crippen LogP contribution < -0.4 is 0 Å². The number of aromatic hydroxyl groups is 1. The molecule has 0 aromatic heterocycles. The van der Waals surface area contributed by atoms with E-state index in [1.807, 2.05) is 0 Å². The molecule has 0 amide bonds. The molecule has 35 heavy (non-hydrogen) atoms. The molecule has 3 rings (SSSR count). The standard InChI is InChI=1S/C26H26N2O7/c1-6-14-25(3)26(24(31)35-5,18-10-12-20(29)13-11-18)22(21(16(2)27-25)23(30)34-4)17-8-7-9-19(15-17)28(32)33/h7-13,15,21-22,29H,1-5H3. The van der Waals surface area contributed by atoms with Crippen LogP contribution in [-0.4, -0.2) is 47.4 Å². The third-order valence-corrected chi connectivity index (χ3v) is 6.51. The fourth-order valence-electron chi connectivity index (χ4n) is 5.17. The van der Waals surface area contributed by atoms with Crippen LogP contribution >= 0.6 is 0 Å². The summed E-state index contributed by atoms with van der Waals surface area (Å²) in [5.41, 5.74) is -2.33. The predicted molar refractivity (Wildman–Crippen MR) is 128 cm³/mol. The van der Waals surface area contributed by atoms with Gasteiger partial charge in [0.2, 0.25) is 0 Å². The highest BCUT2D eigenvalue weighted by Crippen LogP contribution is 2.56. The fraction of sp³-hybridized carbons (Fsp3) is 0.346. The number of hydrogen-bond donors (Lipinski definition) is 1. The van der Waals surface area contributed by atoms with Crippen LogP contribution in [0.4, 0.5) is 5.69 Å². The maximum Gasteiger partial charge on any atom is 0.320 e. The molecule has 1 aliphatic heterocycles. The highest BCUT2D eigenvalue weighted by Gasteiger charge is 2.66. The molecule has 0 bridgehead atoms. The number of nitro benzene ring substituents is 1. The topological polar surface area (TPSA) is 128 Å². The Morgan fingerprint density at radius 1 is 1.14 bits per heavy atom. The second-order valence-corrected chi connectivity index (χ2v) is 8.38. The Labute approximate surface area is 202 Å². The first kappa shape index (κ1) is 25.4. The van der Waals surface area contributed by atoms with Gasteiger partial charge in [-0.05, 0) is 44.0 Å². The Hall–Kier alpha value is -4.19. The van der Waals surface area contributed by atoms with Crippen molar-refractivity contribution >= 4 is 23.3 Å². The zero-order valence-electron chi connectivity index (χ0n) is 20.1. The van der Waals surface area contributed by atoms with Crippen molar-refractivity contribution in [1.82, 2.24) is 0 Å². The summed E-state index contributed by atoms with van der Waals surface area (Å²) in [7, 11) is 2.44. The summed E-state index contributed by atoms with van der Waals surface area (Å²) in [5.74, 6) is 2.30. The van der Waals surface area contributed by atoms with Crippen LogP contribution in [0, 0.1) is 27.9 Å². The fourth-order valence-corrected chi connectivity index (χ4v) is 5.17. The number of nitrogens with zero attached hydrogens (tertiary/aromatic N) is 2. The van der Waals surface area contributed by atoms with Gasteiger partial charge in [0.05, 0.1) is 19.1 Å². The normalized spacial score (nSPS) is 25.5. The second kappa shape index (κ2) is 9.58. The van der Waals surface area contributed by atoms with E-state index in [1.165, 1.54) is 56.7 Å². The van der Waals surface area contributed by atoms with Gasteiger partial charge in [0.15, 0.2) is 0 Å². The number of ether oxygens (including phenoxy) is 2. The minimum absolute atomic E-state index is 0.0380. The van der Waals surface area contributed by atoms with Gasteiger partial charge in [-0.15, -0.1) is 5.92 Å². The van der Waals surface area contributed by atoms with E-state index in [1.54, 1.807) is 26.8 Å². The molecule has 1 N–H and O–H groups in total. The number of phenolic OH excluding ortho intramolecular Hbond substituents is 1. The zero-order valence-corrected chi connectivity index (χ0v) is 20.1. The highest BCUT2D eigenvalue weighted by atomic mass is 16.6. The lowest BCUT2D eigenvalue weighted by molar-refractivity contribution is -0.385. The number of non-ortho nitro benzene ring substituents is 1. The van der Waals surface area contributed by atoms with Crippen LogP contribution in [0.5, 0.6) is 5.75 Å². The predicted octanol–water partition coefficient (Wildman–Crippen LogP) is 3.54. The third-order valence-electron chi connectivity index (χ3n) is 6.51. The van der Waals surface area contributed by atoms with Crippen molar-refractivity contribution in [2.45, 2.75) is 37.6 Å². The van der Waals surface area contributed by atoms with Crippen molar-refractivity contribution in [2.24, 2.45) is 10.9 Å². The van der Waals surface area contributed by atoms with Crippen LogP contribution in [0.3, 0.4) is 0 Å². The molecule has 0 aliphatic carbocycles. The quantitative estimate of drug-likeness (QED) is 0.301. The van der Waals surface area contributed by atoms with Crippen molar-refractivity contribution in [3.05, 3.63) is 69.8 Å². The maximum absolute atomic E-state index is 13.9. The van der Waals surface area contributed by atoms with Crippen molar-refractivity contribution in [1.29, 1.82) is 0 Å². The van der Waals surface area contributed by atoms with Crippen molar-refractivity contribution in [3.8, 4) is 17.6 Å². The molecule has 4 unspecified atom stereocenters. The molecule has 9 nitrogen and oxygen atoms in total. The average molecular weight is 479 g/mol. The first-order valence-electron chi connectivity index (χ1n) is 10.8. The molecule has 0 fully saturated rings. The van der Waals surface area contributed by atoms with Gasteiger partial charge in [-0.25, -0.2) is 0 Å². The summed E-state index contributed by atoms with van der Waals surface area (Å²) in [4.78, 5) is 42.9. The van der Waals surface area contributed by atoms with Crippen molar-refractivity contribution < 1.29 is 29.1 Å². The van der Waals surface area contributed by atoms with E-state index >= 15 is 0 Å². The summed E-state index contributed by atoms with van der Waals surface area (Å²) in [6.07, 6.45) is 0. The number of benzene rings is 2. The van der Waals surface area contributed by atoms with E-state index in [9.17, 15) is 24.8 Å². The van der Waals surface area contributed by atoms with E-state index in [-0.39, 0.29) is 11.4 Å². The van der Waals surface area contributed by atoms with Gasteiger partial charge >= 0.3 is 11.9 Å². The molecule has 0 radical (unpaired) electrons. The largest absolute Gasteiger partial charge is 0.508 e. The van der Waals surface area contributed by atoms with Crippen LogP contribution in [0.25, 0.3) is 0 Å². The molecule has 1 aliphatic rings. The van der Waals surface area contributed by atoms with Crippen LogP contribution in [0.15, 0.2) is 53.5 Å². The Kier molecular flexibility index (Phi) is 6.96. The first-order valence-corrected chi connectivity index (χ1v) is 10.8. The molecule has 2 aromatic carbocycles. The molecular weight excluding hydrogens is 452 g/mol. The lowest BCUT2D eigenvalue weighted by atomic mass is 9.52. The lowest BCUT2D eigenvalue weighted by Crippen LogP contribution is -2.63. The van der Waals surface area contributed by atoms with Gasteiger partial charge in [-0.3, -0.25) is 24.7 Å². The Bertz CT molecular complexity index is 1260. The number of carbonyl (C=O) groups excluding carboxylic acids is 2. The molecule has 182 valence electrons. The first-order chi connectivity index (χ1) is 16.6. The number of methoxy groups -OCH3 is 2. The lowest BCUT2D eigenvalue weighted by Gasteiger charge is -2.51. The molecule has 1 heterocycles. The van der Waals surface area contributed by atoms with Crippen LogP contribution in [0.2, 0.25) is 0 Å². The Morgan fingerprint density at radius 3 is 2.34 bits per heavy atom. The number of hydrogen-bond acceptors (Lipinski definition) is 8. The van der Waals surface area contributed by atoms with E-state index in [2.05, 4.69) is 11.8 Å². The van der Waals surface area contributed by atoms with Crippen LogP contribution in [0.1, 0.15) is 37.8 Å². The molecular formula is C26H26N2O7. The zero-order chi connectivity index (χ0) is 26.0. The molecule has 2 aromatic rings. The van der Waals surface area contributed by atoms with E-state index in [0.29, 0.717) is 16.8 Å². The second-order valence-electron chi connectivity index (χ2n) is 8.38. The van der Waals surface area contributed by atoms with E-state index in [0.717, 1.165) is 0 Å². The van der Waals surface area contributed by atoms with Crippen molar-refractivity contribution in [3.63, 3.8) is 0 Å². The van der Waals surface area contributed by atoms with E-state index < -0.39 is 39.7 Å². The smallest absolute Gasteiger partial charge is 0.320 e.